The largest absolute Gasteiger partial charge is 0.494 e. The number of thioether (sulfide) groups is 1. The van der Waals surface area contributed by atoms with Crippen molar-refractivity contribution < 1.29 is 27.4 Å². The Balaban J connectivity index is 1.47. The molecule has 0 aliphatic carbocycles. The number of hydrogen-bond acceptors (Lipinski definition) is 8. The van der Waals surface area contributed by atoms with Gasteiger partial charge in [0.15, 0.2) is 11.5 Å². The maximum absolute atomic E-state index is 13.7. The Morgan fingerprint density at radius 3 is 2.30 bits per heavy atom. The number of nitrogens with zero attached hydrogens (tertiary/aromatic N) is 2. The zero-order chi connectivity index (χ0) is 30.7. The van der Waals surface area contributed by atoms with E-state index < -0.39 is 22.5 Å². The Labute approximate surface area is 256 Å². The van der Waals surface area contributed by atoms with Crippen LogP contribution in [0.25, 0.3) is 0 Å². The second-order valence-corrected chi connectivity index (χ2v) is 11.8. The van der Waals surface area contributed by atoms with Crippen LogP contribution in [0.1, 0.15) is 18.1 Å². The van der Waals surface area contributed by atoms with Crippen LogP contribution in [0.2, 0.25) is 0 Å². The summed E-state index contributed by atoms with van der Waals surface area (Å²) in [6.45, 7) is 2.22. The van der Waals surface area contributed by atoms with Gasteiger partial charge in [-0.3, -0.25) is 9.10 Å². The first kappa shape index (κ1) is 31.5. The molecule has 0 aliphatic heterocycles. The molecule has 11 heteroatoms. The number of nitrogens with one attached hydrogen (secondary N) is 1. The fourth-order valence-electron chi connectivity index (χ4n) is 4.03. The predicted octanol–water partition coefficient (Wildman–Crippen LogP) is 5.74. The van der Waals surface area contributed by atoms with Gasteiger partial charge in [-0.1, -0.05) is 30.3 Å². The molecule has 0 fully saturated rings. The van der Waals surface area contributed by atoms with E-state index in [0.717, 1.165) is 14.8 Å². The lowest BCUT2D eigenvalue weighted by Crippen LogP contribution is -2.39. The molecule has 43 heavy (non-hydrogen) atoms. The van der Waals surface area contributed by atoms with Gasteiger partial charge in [0.05, 0.1) is 30.5 Å². The van der Waals surface area contributed by atoms with Crippen LogP contribution in [0.4, 0.5) is 5.69 Å². The van der Waals surface area contributed by atoms with Crippen LogP contribution in [0.5, 0.6) is 17.2 Å². The zero-order valence-corrected chi connectivity index (χ0v) is 25.7. The maximum Gasteiger partial charge on any atom is 0.264 e. The topological polar surface area (TPSA) is 107 Å². The third-order valence-corrected chi connectivity index (χ3v) is 8.73. The van der Waals surface area contributed by atoms with Gasteiger partial charge in [0, 0.05) is 4.90 Å². The number of methoxy groups -OCH3 is 1. The molecule has 0 radical (unpaired) electrons. The lowest BCUT2D eigenvalue weighted by molar-refractivity contribution is -0.119. The van der Waals surface area contributed by atoms with Gasteiger partial charge in [-0.2, -0.15) is 5.10 Å². The van der Waals surface area contributed by atoms with Crippen molar-refractivity contribution in [3.8, 4) is 17.2 Å². The Morgan fingerprint density at radius 2 is 1.65 bits per heavy atom. The van der Waals surface area contributed by atoms with Crippen molar-refractivity contribution in [2.75, 3.05) is 30.8 Å². The van der Waals surface area contributed by atoms with Crippen molar-refractivity contribution >= 4 is 39.6 Å². The number of carbonyl (C=O) groups is 1. The van der Waals surface area contributed by atoms with Crippen molar-refractivity contribution in [1.29, 1.82) is 0 Å². The Hall–Kier alpha value is -4.48. The van der Waals surface area contributed by atoms with Crippen molar-refractivity contribution in [2.45, 2.75) is 23.3 Å². The summed E-state index contributed by atoms with van der Waals surface area (Å²) in [7, 11) is -2.54. The summed E-state index contributed by atoms with van der Waals surface area (Å²) in [5.74, 6) is 1.04. The molecule has 0 aromatic heterocycles. The molecule has 0 heterocycles. The molecule has 0 aliphatic rings. The number of amides is 1. The van der Waals surface area contributed by atoms with E-state index in [9.17, 15) is 13.2 Å². The summed E-state index contributed by atoms with van der Waals surface area (Å²) in [5.41, 5.74) is 4.41. The number of ether oxygens (including phenoxy) is 3. The van der Waals surface area contributed by atoms with Crippen molar-refractivity contribution in [1.82, 2.24) is 5.43 Å². The fourth-order valence-corrected chi connectivity index (χ4v) is 5.86. The van der Waals surface area contributed by atoms with Gasteiger partial charge in [0.25, 0.3) is 15.9 Å². The van der Waals surface area contributed by atoms with E-state index in [1.807, 2.05) is 43.5 Å². The number of anilines is 1. The second kappa shape index (κ2) is 15.1. The zero-order valence-electron chi connectivity index (χ0n) is 24.1. The number of carbonyl (C=O) groups excluding carboxylic acids is 1. The standard InChI is InChI=1S/C32H33N3O6S2/c1-4-40-27-13-11-26(12-14-27)35(43(37,38)29-17-15-28(42-3)16-18-29)22-32(36)34-33-21-25-10-19-30(31(20-25)39-2)41-23-24-8-6-5-7-9-24/h5-21H,4,22-23H2,1-3H3,(H,34,36)/b33-21-. The molecule has 1 N–H and O–H groups in total. The molecule has 0 spiro atoms. The maximum atomic E-state index is 13.7. The average Bonchev–Trinajstić information content (AvgIpc) is 3.04. The minimum Gasteiger partial charge on any atom is -0.494 e. The van der Waals surface area contributed by atoms with Gasteiger partial charge in [0.1, 0.15) is 18.9 Å². The number of sulfonamides is 1. The molecule has 9 nitrogen and oxygen atoms in total. The van der Waals surface area contributed by atoms with Gasteiger partial charge in [0.2, 0.25) is 0 Å². The van der Waals surface area contributed by atoms with Gasteiger partial charge in [-0.05, 0) is 91.0 Å². The minimum atomic E-state index is -4.08. The second-order valence-electron chi connectivity index (χ2n) is 9.09. The summed E-state index contributed by atoms with van der Waals surface area (Å²) >= 11 is 1.50. The smallest absolute Gasteiger partial charge is 0.264 e. The van der Waals surface area contributed by atoms with Crippen molar-refractivity contribution in [3.63, 3.8) is 0 Å². The number of hydrazone groups is 1. The quantitative estimate of drug-likeness (QED) is 0.109. The van der Waals surface area contributed by atoms with Gasteiger partial charge in [-0.15, -0.1) is 11.8 Å². The predicted molar refractivity (Wildman–Crippen MR) is 170 cm³/mol. The van der Waals surface area contributed by atoms with E-state index in [4.69, 9.17) is 14.2 Å². The number of hydrogen-bond donors (Lipinski definition) is 1. The van der Waals surface area contributed by atoms with Crippen LogP contribution in [-0.2, 0) is 21.4 Å². The highest BCUT2D eigenvalue weighted by molar-refractivity contribution is 7.98. The molecule has 0 atom stereocenters. The van der Waals surface area contributed by atoms with E-state index >= 15 is 0 Å². The van der Waals surface area contributed by atoms with Crippen LogP contribution >= 0.6 is 11.8 Å². The minimum absolute atomic E-state index is 0.0668. The monoisotopic (exact) mass is 619 g/mol. The Morgan fingerprint density at radius 1 is 0.930 bits per heavy atom. The van der Waals surface area contributed by atoms with Gasteiger partial charge in [-0.25, -0.2) is 13.8 Å². The molecular weight excluding hydrogens is 587 g/mol. The van der Waals surface area contributed by atoms with Crippen LogP contribution in [-0.4, -0.2) is 47.1 Å². The van der Waals surface area contributed by atoms with E-state index in [2.05, 4.69) is 10.5 Å². The third kappa shape index (κ3) is 8.52. The first-order valence-electron chi connectivity index (χ1n) is 13.4. The van der Waals surface area contributed by atoms with E-state index in [0.29, 0.717) is 41.7 Å². The van der Waals surface area contributed by atoms with Crippen LogP contribution in [0.15, 0.2) is 112 Å². The lowest BCUT2D eigenvalue weighted by atomic mass is 10.2. The molecule has 0 bridgehead atoms. The summed E-state index contributed by atoms with van der Waals surface area (Å²) in [6.07, 6.45) is 3.35. The summed E-state index contributed by atoms with van der Waals surface area (Å²) in [5, 5.41) is 4.04. The van der Waals surface area contributed by atoms with E-state index in [-0.39, 0.29) is 4.90 Å². The average molecular weight is 620 g/mol. The molecular formula is C32H33N3O6S2. The van der Waals surface area contributed by atoms with Gasteiger partial charge < -0.3 is 14.2 Å². The lowest BCUT2D eigenvalue weighted by Gasteiger charge is -2.24. The first-order valence-corrected chi connectivity index (χ1v) is 16.1. The van der Waals surface area contributed by atoms with Crippen molar-refractivity contribution in [3.05, 3.63) is 108 Å². The molecule has 224 valence electrons. The SMILES string of the molecule is CCOc1ccc(N(CC(=O)N/N=C\c2ccc(OCc3ccccc3)c(OC)c2)S(=O)(=O)c2ccc(SC)cc2)cc1. The molecule has 0 saturated carbocycles. The van der Waals surface area contributed by atoms with Crippen LogP contribution < -0.4 is 23.9 Å². The fraction of sp³-hybridized carbons (Fsp3) is 0.188. The van der Waals surface area contributed by atoms with Crippen LogP contribution in [0.3, 0.4) is 0 Å². The number of benzene rings is 4. The summed E-state index contributed by atoms with van der Waals surface area (Å²) in [6, 6.07) is 28.1. The van der Waals surface area contributed by atoms with Gasteiger partial charge >= 0.3 is 0 Å². The molecule has 1 amide bonds. The van der Waals surface area contributed by atoms with E-state index in [1.165, 1.54) is 37.2 Å². The molecule has 0 unspecified atom stereocenters. The van der Waals surface area contributed by atoms with Crippen molar-refractivity contribution in [2.24, 2.45) is 5.10 Å². The normalized spacial score (nSPS) is 11.2. The summed E-state index contributed by atoms with van der Waals surface area (Å²) in [4.78, 5) is 13.9. The van der Waals surface area contributed by atoms with E-state index in [1.54, 1.807) is 54.6 Å². The highest BCUT2D eigenvalue weighted by Crippen LogP contribution is 2.29. The molecule has 4 aromatic carbocycles. The van der Waals surface area contributed by atoms with Crippen LogP contribution in [0, 0.1) is 0 Å². The molecule has 4 rings (SSSR count). The highest BCUT2D eigenvalue weighted by Gasteiger charge is 2.27. The Bertz CT molecular complexity index is 1630. The highest BCUT2D eigenvalue weighted by atomic mass is 32.2. The number of rotatable bonds is 14. The summed E-state index contributed by atoms with van der Waals surface area (Å²) < 4.78 is 45.2. The third-order valence-electron chi connectivity index (χ3n) is 6.20. The Kier molecular flexibility index (Phi) is 11.1. The molecule has 4 aromatic rings. The molecule has 0 saturated heterocycles. The first-order chi connectivity index (χ1) is 20.8.